The van der Waals surface area contributed by atoms with Crippen molar-refractivity contribution in [3.8, 4) is 6.07 Å². The topological polar surface area (TPSA) is 75.8 Å². The third-order valence-electron chi connectivity index (χ3n) is 4.81. The van der Waals surface area contributed by atoms with Crippen LogP contribution in [-0.2, 0) is 12.4 Å². The van der Waals surface area contributed by atoms with Gasteiger partial charge in [-0.15, -0.1) is 0 Å². The summed E-state index contributed by atoms with van der Waals surface area (Å²) in [5.41, 5.74) is 2.28. The van der Waals surface area contributed by atoms with E-state index in [-0.39, 0.29) is 16.8 Å². The van der Waals surface area contributed by atoms with E-state index in [0.29, 0.717) is 6.07 Å². The minimum absolute atomic E-state index is 0.0392. The zero-order valence-electron chi connectivity index (χ0n) is 28.9. The first kappa shape index (κ1) is 94.4. The number of nitrogens with two attached hydrogens (primary N) is 1. The SMILES string of the molecule is II(I)I(I)I(I)I(I)I(I)I(I)I(I)I(I)I(I)I(I)I(I)I(I)I(I)I(I)I(I)I(I)I(I)I(I)I(I)I(I)I.N#Cc1c(F)cccc1C(F)(F)F.Nc1noc2cccc(C(F)(F)F)c12. The van der Waals surface area contributed by atoms with E-state index >= 15 is 0 Å². The van der Waals surface area contributed by atoms with Gasteiger partial charge in [-0.1, -0.05) is 17.3 Å². The van der Waals surface area contributed by atoms with E-state index < -0.39 is 193 Å². The Balaban J connectivity index is 0.000000698. The van der Waals surface area contributed by atoms with E-state index in [4.69, 9.17) is 11.0 Å². The second kappa shape index (κ2) is 50.7. The maximum atomic E-state index is 12.7. The van der Waals surface area contributed by atoms with Gasteiger partial charge in [0, 0.05) is 0 Å². The number of hydrogen-bond acceptors (Lipinski definition) is 4. The van der Waals surface area contributed by atoms with Crippen LogP contribution in [0.2, 0.25) is 0 Å². The van der Waals surface area contributed by atoms with Crippen LogP contribution in [0.25, 0.3) is 11.0 Å². The molecule has 0 fully saturated rings. The molecule has 0 atom stereocenters. The summed E-state index contributed by atoms with van der Waals surface area (Å²) >= 11 is 71.0. The van der Waals surface area contributed by atoms with Crippen LogP contribution in [0.3, 0.4) is 0 Å². The van der Waals surface area contributed by atoms with E-state index in [2.05, 4.69) is 419 Å². The molecular weight excluding hydrogens is 5710 g/mol. The monoisotopic (exact) mass is 5720 g/mol. The Hall–Kier alpha value is 27.4. The fourth-order valence-electron chi connectivity index (χ4n) is 2.68. The minimum Gasteiger partial charge on any atom is -0.380 e. The molecule has 2 aromatic carbocycles. The van der Waals surface area contributed by atoms with Gasteiger partial charge in [0.15, 0.2) is 11.4 Å². The van der Waals surface area contributed by atoms with E-state index in [1.165, 1.54) is 18.2 Å². The normalized spacial score (nSPS) is 15.9. The first-order valence-corrected chi connectivity index (χ1v) is 271. The molecule has 3 aromatic rings. The molecule has 0 amide bonds. The first-order valence-electron chi connectivity index (χ1n) is 12.8. The average Bonchev–Trinajstić information content (AvgIpc) is 3.69. The van der Waals surface area contributed by atoms with Gasteiger partial charge in [0.25, 0.3) is 0 Å². The van der Waals surface area contributed by atoms with E-state index in [0.717, 1.165) is 18.2 Å². The summed E-state index contributed by atoms with van der Waals surface area (Å²) in [6, 6.07) is 7.14. The Morgan fingerprint density at radius 2 is 0.696 bits per heavy atom. The number of anilines is 1. The Morgan fingerprint density at radius 3 is 0.942 bits per heavy atom. The first-order chi connectivity index (χ1) is 31.5. The van der Waals surface area contributed by atoms with Crippen LogP contribution in [-0.4, -0.2) is 5.16 Å². The molecule has 0 bridgehead atoms. The maximum Gasteiger partial charge on any atom is 0.417 e. The van der Waals surface area contributed by atoms with Gasteiger partial charge >= 0.3 is 580 Å². The van der Waals surface area contributed by atoms with E-state index in [1.54, 1.807) is 0 Å². The predicted octanol–water partition coefficient (Wildman–Crippen LogP) is 42.3. The Kier molecular flexibility index (Phi) is 69.4. The summed E-state index contributed by atoms with van der Waals surface area (Å²) in [7, 11) is -10.2. The summed E-state index contributed by atoms with van der Waals surface area (Å²) in [6.45, 7) is 0. The molecule has 0 aliphatic heterocycles. The number of rotatable bonds is 19. The molecule has 4 nitrogen and oxygen atoms in total. The summed E-state index contributed by atoms with van der Waals surface area (Å²) < 4.78 is 90.9. The molecule has 0 aliphatic rings. The quantitative estimate of drug-likeness (QED) is 0.0958. The van der Waals surface area contributed by atoms with Crippen molar-refractivity contribution in [1.29, 1.82) is 5.26 Å². The van der Waals surface area contributed by atoms with Crippen molar-refractivity contribution in [2.24, 2.45) is 0 Å². The smallest absolute Gasteiger partial charge is 0.380 e. The van der Waals surface area contributed by atoms with Crippen molar-refractivity contribution in [2.75, 3.05) is 5.73 Å². The molecule has 0 aliphatic carbocycles. The van der Waals surface area contributed by atoms with E-state index in [1.807, 2.05) is 0 Å². The Morgan fingerprint density at radius 1 is 0.435 bits per heavy atom. The molecule has 1 heterocycles. The number of benzene rings is 2. The summed E-state index contributed by atoms with van der Waals surface area (Å²) in [6.07, 6.45) is -9.13. The van der Waals surface area contributed by atoms with Crippen LogP contribution in [0.5, 0.6) is 0 Å². The zero-order valence-corrected chi connectivity index (χ0v) is 119. The second-order valence-corrected chi connectivity index (χ2v) is 983. The Bertz CT molecular complexity index is 1990. The number of nitriles is 1. The van der Waals surface area contributed by atoms with Gasteiger partial charge in [-0.2, -0.15) is 31.6 Å². The molecule has 2 N–H and O–H groups in total. The van der Waals surface area contributed by atoms with Crippen molar-refractivity contribution < 1.29 is 35.3 Å². The third kappa shape index (κ3) is 34.9. The molecule has 0 saturated heterocycles. The number of nitrogen functional groups attached to an aromatic ring is 1. The fraction of sp³-hybridized carbons (Fsp3) is 0.125. The van der Waals surface area contributed by atoms with Crippen molar-refractivity contribution in [3.63, 3.8) is 0 Å². The van der Waals surface area contributed by atoms with Gasteiger partial charge in [-0.3, -0.25) is 0 Å². The summed E-state index contributed by atoms with van der Waals surface area (Å²) in [5.74, 6) is -1.40. The van der Waals surface area contributed by atoms with Gasteiger partial charge in [-0.05, 0) is 24.3 Å². The number of hydrogen-bond donors (Lipinski definition) is 1. The molecule has 3 rings (SSSR count). The molecule has 53 heteroatoms. The molecule has 69 heavy (non-hydrogen) atoms. The predicted molar refractivity (Wildman–Crippen MR) is 668 cm³/mol. The number of fused-ring (bicyclic) bond motifs is 1. The molecule has 0 radical (unpaired) electrons. The minimum atomic E-state index is -4.69. The molecular formula is C16H8F7I42N3O. The van der Waals surface area contributed by atoms with Crippen molar-refractivity contribution in [1.82, 2.24) is 5.16 Å². The zero-order chi connectivity index (χ0) is 54.0. The van der Waals surface area contributed by atoms with Crippen LogP contribution < -0.4 is 5.73 Å². The van der Waals surface area contributed by atoms with Gasteiger partial charge in [0.05, 0.1) is 22.1 Å². The van der Waals surface area contributed by atoms with Gasteiger partial charge < -0.3 is 10.3 Å². The van der Waals surface area contributed by atoms with Gasteiger partial charge in [-0.25, -0.2) is 4.39 Å². The van der Waals surface area contributed by atoms with Crippen LogP contribution in [0.15, 0.2) is 40.9 Å². The average molecular weight is 5720 g/mol. The third-order valence-corrected chi connectivity index (χ3v) is 3140. The largest absolute Gasteiger partial charge is 0.417 e. The van der Waals surface area contributed by atoms with Crippen LogP contribution >= 0.6 is 567 Å². The molecule has 0 spiro atoms. The van der Waals surface area contributed by atoms with E-state index in [9.17, 15) is 30.7 Å². The molecule has 436 valence electrons. The fourth-order valence-corrected chi connectivity index (χ4v) is 7550. The second-order valence-electron chi connectivity index (χ2n) is 8.26. The number of halogens is 49. The maximum absolute atomic E-state index is 12.7. The number of aromatic nitrogens is 1. The standard InChI is InChI=1S/C8H3F4N.C8H5F3N2O.I42/c9-7-3-1-2-6(5(7)4-13)8(10,11)12;9-8(10,11)4-2-1-3-5-6(4)7(12)13-14-5;1-23(2)25(5)27(7)29(9)31(11)33(13)35(15)37(17)39(19)41(21)42(22)40(20)38(18)36(16)34(14)32(12)30(10)28(8)26(6)24(3)4/h1-3H;1-3H,(H2,12,13);. The van der Waals surface area contributed by atoms with Crippen LogP contribution in [0.4, 0.5) is 36.6 Å². The summed E-state index contributed by atoms with van der Waals surface area (Å²) in [5, 5.41) is 11.4. The molecule has 1 aromatic heterocycles. The number of alkyl halides is 6. The van der Waals surface area contributed by atoms with Gasteiger partial charge in [0.2, 0.25) is 0 Å². The molecule has 0 saturated carbocycles. The number of nitrogens with zero attached hydrogens (tertiary/aromatic N) is 2. The summed E-state index contributed by atoms with van der Waals surface area (Å²) in [4.78, 5) is 0. The Labute approximate surface area is 679 Å². The van der Waals surface area contributed by atoms with Gasteiger partial charge in [0.1, 0.15) is 11.9 Å². The van der Waals surface area contributed by atoms with Crippen molar-refractivity contribution >= 4 is 584 Å². The van der Waals surface area contributed by atoms with Crippen molar-refractivity contribution in [3.05, 3.63) is 58.9 Å². The van der Waals surface area contributed by atoms with Crippen LogP contribution in [0.1, 0.15) is 16.7 Å². The van der Waals surface area contributed by atoms with Crippen molar-refractivity contribution in [2.45, 2.75) is 12.4 Å². The molecule has 0 unspecified atom stereocenters. The van der Waals surface area contributed by atoms with Crippen LogP contribution in [0, 0.1) is 17.1 Å².